The molecule has 3 aromatic carbocycles. The number of benzene rings is 3. The summed E-state index contributed by atoms with van der Waals surface area (Å²) < 4.78 is 11.0. The molecule has 3 rings (SSSR count). The van der Waals surface area contributed by atoms with Crippen molar-refractivity contribution in [1.82, 2.24) is 0 Å². The summed E-state index contributed by atoms with van der Waals surface area (Å²) in [5, 5.41) is 3.66. The van der Waals surface area contributed by atoms with E-state index in [-0.39, 0.29) is 5.78 Å². The van der Waals surface area contributed by atoms with E-state index in [0.717, 1.165) is 11.4 Å². The van der Waals surface area contributed by atoms with Gasteiger partial charge < -0.3 is 14.8 Å². The first-order chi connectivity index (χ1) is 13.1. The van der Waals surface area contributed by atoms with Crippen molar-refractivity contribution in [1.29, 1.82) is 0 Å². The van der Waals surface area contributed by atoms with Gasteiger partial charge in [-0.1, -0.05) is 17.7 Å². The van der Waals surface area contributed by atoms with Crippen LogP contribution in [0.5, 0.6) is 17.2 Å². The van der Waals surface area contributed by atoms with Crippen molar-refractivity contribution in [3.8, 4) is 17.2 Å². The van der Waals surface area contributed by atoms with Gasteiger partial charge in [0.05, 0.1) is 7.11 Å². The molecule has 0 aliphatic heterocycles. The monoisotopic (exact) mass is 379 g/mol. The van der Waals surface area contributed by atoms with Crippen LogP contribution in [0.15, 0.2) is 85.1 Å². The van der Waals surface area contributed by atoms with Gasteiger partial charge in [-0.3, -0.25) is 4.79 Å². The van der Waals surface area contributed by atoms with Crippen molar-refractivity contribution >= 4 is 23.1 Å². The normalized spacial score (nSPS) is 10.6. The maximum atomic E-state index is 12.1. The highest BCUT2D eigenvalue weighted by molar-refractivity contribution is 6.30. The molecule has 0 heterocycles. The molecule has 0 radical (unpaired) electrons. The number of anilines is 1. The van der Waals surface area contributed by atoms with E-state index in [1.165, 1.54) is 6.08 Å². The average molecular weight is 380 g/mol. The zero-order valence-corrected chi connectivity index (χ0v) is 15.4. The third kappa shape index (κ3) is 5.36. The minimum absolute atomic E-state index is 0.0999. The lowest BCUT2D eigenvalue weighted by atomic mass is 10.1. The zero-order chi connectivity index (χ0) is 19.1. The Labute approximate surface area is 163 Å². The summed E-state index contributed by atoms with van der Waals surface area (Å²) >= 11 is 5.82. The molecule has 27 heavy (non-hydrogen) atoms. The van der Waals surface area contributed by atoms with E-state index in [1.807, 2.05) is 48.5 Å². The Kier molecular flexibility index (Phi) is 6.13. The summed E-state index contributed by atoms with van der Waals surface area (Å²) in [6, 6.07) is 21.6. The van der Waals surface area contributed by atoms with Gasteiger partial charge in [0, 0.05) is 34.6 Å². The summed E-state index contributed by atoms with van der Waals surface area (Å²) in [7, 11) is 1.62. The highest BCUT2D eigenvalue weighted by Crippen LogP contribution is 2.26. The molecule has 0 fully saturated rings. The molecule has 0 bridgehead atoms. The van der Waals surface area contributed by atoms with Gasteiger partial charge in [0.1, 0.15) is 17.2 Å². The number of hydrogen-bond donors (Lipinski definition) is 1. The Morgan fingerprint density at radius 1 is 0.926 bits per heavy atom. The van der Waals surface area contributed by atoms with Gasteiger partial charge in [0.2, 0.25) is 0 Å². The molecule has 136 valence electrons. The fourth-order valence-electron chi connectivity index (χ4n) is 2.34. The van der Waals surface area contributed by atoms with Crippen LogP contribution in [-0.2, 0) is 0 Å². The number of hydrogen-bond acceptors (Lipinski definition) is 4. The van der Waals surface area contributed by atoms with Crippen molar-refractivity contribution in [2.24, 2.45) is 0 Å². The molecule has 5 heteroatoms. The molecule has 0 spiro atoms. The first kappa shape index (κ1) is 18.5. The van der Waals surface area contributed by atoms with E-state index in [1.54, 1.807) is 37.6 Å². The Balaban J connectivity index is 1.57. The van der Waals surface area contributed by atoms with Crippen LogP contribution in [0, 0.1) is 0 Å². The highest BCUT2D eigenvalue weighted by atomic mass is 35.5. The largest absolute Gasteiger partial charge is 0.497 e. The van der Waals surface area contributed by atoms with Gasteiger partial charge in [0.25, 0.3) is 0 Å². The van der Waals surface area contributed by atoms with Crippen LogP contribution in [0.4, 0.5) is 5.69 Å². The molecule has 3 aromatic rings. The molecule has 0 saturated heterocycles. The lowest BCUT2D eigenvalue weighted by Gasteiger charge is -2.08. The van der Waals surface area contributed by atoms with Crippen LogP contribution in [0.25, 0.3) is 0 Å². The molecule has 0 aliphatic carbocycles. The summed E-state index contributed by atoms with van der Waals surface area (Å²) in [4.78, 5) is 12.1. The lowest BCUT2D eigenvalue weighted by molar-refractivity contribution is 0.104. The zero-order valence-electron chi connectivity index (χ0n) is 14.7. The number of ether oxygens (including phenoxy) is 2. The SMILES string of the molecule is COc1cccc(Oc2ccc(NC=CC(=O)c3ccc(Cl)cc3)cc2)c1. The molecular formula is C22H18ClNO3. The summed E-state index contributed by atoms with van der Waals surface area (Å²) in [5.41, 5.74) is 1.42. The predicted octanol–water partition coefficient (Wildman–Crippen LogP) is 5.95. The Bertz CT molecular complexity index is 935. The number of rotatable bonds is 7. The first-order valence-corrected chi connectivity index (χ1v) is 8.67. The van der Waals surface area contributed by atoms with Crippen LogP contribution in [0.1, 0.15) is 10.4 Å². The van der Waals surface area contributed by atoms with E-state index in [0.29, 0.717) is 22.1 Å². The Hall–Kier alpha value is -3.24. The summed E-state index contributed by atoms with van der Waals surface area (Å²) in [5.74, 6) is 2.04. The van der Waals surface area contributed by atoms with Gasteiger partial charge in [-0.2, -0.15) is 0 Å². The second kappa shape index (κ2) is 8.92. The van der Waals surface area contributed by atoms with E-state index in [9.17, 15) is 4.79 Å². The Morgan fingerprint density at radius 2 is 1.63 bits per heavy atom. The topological polar surface area (TPSA) is 47.6 Å². The smallest absolute Gasteiger partial charge is 0.187 e. The second-order valence-corrected chi connectivity index (χ2v) is 6.09. The molecule has 4 nitrogen and oxygen atoms in total. The van der Waals surface area contributed by atoms with Gasteiger partial charge in [-0.15, -0.1) is 0 Å². The molecule has 1 N–H and O–H groups in total. The summed E-state index contributed by atoms with van der Waals surface area (Å²) in [6.45, 7) is 0. The van der Waals surface area contributed by atoms with E-state index in [2.05, 4.69) is 5.32 Å². The second-order valence-electron chi connectivity index (χ2n) is 5.65. The van der Waals surface area contributed by atoms with Crippen molar-refractivity contribution < 1.29 is 14.3 Å². The van der Waals surface area contributed by atoms with Crippen molar-refractivity contribution in [3.05, 3.63) is 95.7 Å². The predicted molar refractivity (Wildman–Crippen MR) is 108 cm³/mol. The molecule has 0 unspecified atom stereocenters. The molecule has 0 aromatic heterocycles. The third-order valence-corrected chi connectivity index (χ3v) is 4.00. The van der Waals surface area contributed by atoms with E-state index < -0.39 is 0 Å². The number of methoxy groups -OCH3 is 1. The van der Waals surface area contributed by atoms with Gasteiger partial charge in [-0.05, 0) is 60.7 Å². The van der Waals surface area contributed by atoms with Crippen LogP contribution in [-0.4, -0.2) is 12.9 Å². The number of halogens is 1. The van der Waals surface area contributed by atoms with Crippen molar-refractivity contribution in [2.75, 3.05) is 12.4 Å². The van der Waals surface area contributed by atoms with Crippen molar-refractivity contribution in [2.45, 2.75) is 0 Å². The van der Waals surface area contributed by atoms with Crippen LogP contribution in [0.3, 0.4) is 0 Å². The van der Waals surface area contributed by atoms with E-state index in [4.69, 9.17) is 21.1 Å². The highest BCUT2D eigenvalue weighted by Gasteiger charge is 2.02. The molecule has 0 aliphatic rings. The van der Waals surface area contributed by atoms with Crippen LogP contribution >= 0.6 is 11.6 Å². The fraction of sp³-hybridized carbons (Fsp3) is 0.0455. The summed E-state index contributed by atoms with van der Waals surface area (Å²) in [6.07, 6.45) is 3.08. The minimum atomic E-state index is -0.0999. The number of allylic oxidation sites excluding steroid dienone is 1. The Morgan fingerprint density at radius 3 is 2.33 bits per heavy atom. The van der Waals surface area contributed by atoms with E-state index >= 15 is 0 Å². The van der Waals surface area contributed by atoms with Gasteiger partial charge >= 0.3 is 0 Å². The fourth-order valence-corrected chi connectivity index (χ4v) is 2.47. The molecule has 0 atom stereocenters. The average Bonchev–Trinajstić information content (AvgIpc) is 2.70. The number of ketones is 1. The van der Waals surface area contributed by atoms with Gasteiger partial charge in [-0.25, -0.2) is 0 Å². The quantitative estimate of drug-likeness (QED) is 0.407. The third-order valence-electron chi connectivity index (χ3n) is 3.74. The standard InChI is InChI=1S/C22H18ClNO3/c1-26-20-3-2-4-21(15-20)27-19-11-9-18(10-12-19)24-14-13-22(25)16-5-7-17(23)8-6-16/h2-15,24H,1H3. The maximum absolute atomic E-state index is 12.1. The minimum Gasteiger partial charge on any atom is -0.497 e. The van der Waals surface area contributed by atoms with Crippen molar-refractivity contribution in [3.63, 3.8) is 0 Å². The maximum Gasteiger partial charge on any atom is 0.187 e. The van der Waals surface area contributed by atoms with Crippen LogP contribution in [0.2, 0.25) is 5.02 Å². The lowest BCUT2D eigenvalue weighted by Crippen LogP contribution is -1.96. The molecular weight excluding hydrogens is 362 g/mol. The number of nitrogens with one attached hydrogen (secondary N) is 1. The number of carbonyl (C=O) groups is 1. The molecule has 0 saturated carbocycles. The van der Waals surface area contributed by atoms with Gasteiger partial charge in [0.15, 0.2) is 5.78 Å². The first-order valence-electron chi connectivity index (χ1n) is 8.29. The molecule has 0 amide bonds. The van der Waals surface area contributed by atoms with Crippen LogP contribution < -0.4 is 14.8 Å². The number of carbonyl (C=O) groups excluding carboxylic acids is 1.